The Balaban J connectivity index is 1.12. The van der Waals surface area contributed by atoms with Crippen molar-refractivity contribution in [3.8, 4) is 17.0 Å². The van der Waals surface area contributed by atoms with Crippen molar-refractivity contribution in [2.24, 2.45) is 0 Å². The van der Waals surface area contributed by atoms with E-state index in [9.17, 15) is 22.8 Å². The Labute approximate surface area is 237 Å². The third kappa shape index (κ3) is 5.76. The number of H-pyrrole nitrogens is 1. The van der Waals surface area contributed by atoms with E-state index in [0.29, 0.717) is 24.0 Å². The molecule has 3 atom stereocenters. The Bertz CT molecular complexity index is 1530. The van der Waals surface area contributed by atoms with Crippen molar-refractivity contribution in [3.05, 3.63) is 75.0 Å². The number of aromatic nitrogens is 2. The summed E-state index contributed by atoms with van der Waals surface area (Å²) in [6.45, 7) is -0.541. The molecule has 41 heavy (non-hydrogen) atoms. The lowest BCUT2D eigenvalue weighted by Crippen LogP contribution is -2.44. The standard InChI is InChI=1S/C28H26ClF4N5O3/c29-21-10-23(36-27(40)38-17-2-3-24(38)20-12-34-25(39)8-16(20)7-17)22(30)9-19(21)15-1-4-26(35-11-15)41-18-5-6-37(13-18)14-28(31,32)33/h1,4,8-12,17-18,24H,2-3,5-7,13-14H2,(H,34,39)(H,36,40)/t17-,18-,24+/m0/s1. The predicted molar refractivity (Wildman–Crippen MR) is 144 cm³/mol. The number of benzene rings is 1. The number of anilines is 1. The number of aromatic amines is 1. The molecule has 2 fully saturated rings. The molecular formula is C28H26ClF4N5O3. The number of hydrogen-bond donors (Lipinski definition) is 2. The fourth-order valence-electron chi connectivity index (χ4n) is 6.08. The van der Waals surface area contributed by atoms with Crippen molar-refractivity contribution in [2.45, 2.75) is 50.0 Å². The number of nitrogens with zero attached hydrogens (tertiary/aromatic N) is 3. The summed E-state index contributed by atoms with van der Waals surface area (Å²) in [7, 11) is 0. The van der Waals surface area contributed by atoms with Gasteiger partial charge in [0.2, 0.25) is 11.4 Å². The number of nitrogens with one attached hydrogen (secondary N) is 2. The van der Waals surface area contributed by atoms with E-state index in [1.54, 1.807) is 29.3 Å². The largest absolute Gasteiger partial charge is 0.473 e. The highest BCUT2D eigenvalue weighted by Crippen LogP contribution is 2.43. The number of carbonyl (C=O) groups excluding carboxylic acids is 1. The van der Waals surface area contributed by atoms with Crippen LogP contribution in [0.1, 0.15) is 36.4 Å². The molecule has 3 aliphatic rings. The molecule has 2 saturated heterocycles. The number of urea groups is 1. The minimum Gasteiger partial charge on any atom is -0.473 e. The fourth-order valence-corrected chi connectivity index (χ4v) is 6.35. The molecule has 2 N–H and O–H groups in total. The number of halogens is 5. The molecule has 0 saturated carbocycles. The summed E-state index contributed by atoms with van der Waals surface area (Å²) in [6, 6.07) is 6.59. The molecule has 1 aromatic carbocycles. The molecule has 2 bridgehead atoms. The van der Waals surface area contributed by atoms with Crippen molar-refractivity contribution >= 4 is 23.3 Å². The van der Waals surface area contributed by atoms with Gasteiger partial charge in [0.05, 0.1) is 23.3 Å². The van der Waals surface area contributed by atoms with Crippen LogP contribution in [0.2, 0.25) is 5.02 Å². The maximum atomic E-state index is 15.2. The van der Waals surface area contributed by atoms with Gasteiger partial charge in [-0.1, -0.05) is 11.6 Å². The second-order valence-electron chi connectivity index (χ2n) is 10.6. The molecule has 0 unspecified atom stereocenters. The number of carbonyl (C=O) groups is 1. The highest BCUT2D eigenvalue weighted by Gasteiger charge is 2.43. The molecular weight excluding hydrogens is 566 g/mol. The average molecular weight is 592 g/mol. The first kappa shape index (κ1) is 27.5. The molecule has 8 nitrogen and oxygen atoms in total. The van der Waals surface area contributed by atoms with E-state index >= 15 is 4.39 Å². The van der Waals surface area contributed by atoms with Gasteiger partial charge in [-0.3, -0.25) is 9.69 Å². The third-order valence-electron chi connectivity index (χ3n) is 7.86. The molecule has 13 heteroatoms. The number of ether oxygens (including phenoxy) is 1. The quantitative estimate of drug-likeness (QED) is 0.380. The van der Waals surface area contributed by atoms with Crippen LogP contribution in [0.4, 0.5) is 28.0 Å². The summed E-state index contributed by atoms with van der Waals surface area (Å²) in [5.41, 5.74) is 2.45. The van der Waals surface area contributed by atoms with E-state index in [2.05, 4.69) is 15.3 Å². The van der Waals surface area contributed by atoms with Crippen LogP contribution in [0, 0.1) is 5.82 Å². The summed E-state index contributed by atoms with van der Waals surface area (Å²) in [5.74, 6) is -0.433. The Kier molecular flexibility index (Phi) is 7.14. The van der Waals surface area contributed by atoms with Crippen LogP contribution in [0.3, 0.4) is 0 Å². The molecule has 216 valence electrons. The van der Waals surface area contributed by atoms with E-state index in [-0.39, 0.29) is 47.3 Å². The monoisotopic (exact) mass is 591 g/mol. The van der Waals surface area contributed by atoms with Gasteiger partial charge in [-0.05, 0) is 55.0 Å². The van der Waals surface area contributed by atoms with Crippen LogP contribution >= 0.6 is 11.6 Å². The van der Waals surface area contributed by atoms with Gasteiger partial charge in [-0.15, -0.1) is 0 Å². The summed E-state index contributed by atoms with van der Waals surface area (Å²) in [5, 5.41) is 2.85. The van der Waals surface area contributed by atoms with Gasteiger partial charge in [-0.2, -0.15) is 13.2 Å². The fraction of sp³-hybridized carbons (Fsp3) is 0.393. The van der Waals surface area contributed by atoms with Crippen LogP contribution in [0.25, 0.3) is 11.1 Å². The number of rotatable bonds is 5. The summed E-state index contributed by atoms with van der Waals surface area (Å²) in [6.07, 6.45) is 0.968. The van der Waals surface area contributed by atoms with Gasteiger partial charge < -0.3 is 19.9 Å². The molecule has 2 aromatic heterocycles. The van der Waals surface area contributed by atoms with Crippen LogP contribution in [-0.2, 0) is 6.42 Å². The maximum absolute atomic E-state index is 15.2. The number of amides is 2. The van der Waals surface area contributed by atoms with Crippen LogP contribution in [-0.4, -0.2) is 63.8 Å². The Hall–Kier alpha value is -3.64. The summed E-state index contributed by atoms with van der Waals surface area (Å²) >= 11 is 6.48. The third-order valence-corrected chi connectivity index (χ3v) is 8.18. The molecule has 0 spiro atoms. The zero-order valence-corrected chi connectivity index (χ0v) is 22.4. The highest BCUT2D eigenvalue weighted by atomic mass is 35.5. The summed E-state index contributed by atoms with van der Waals surface area (Å²) < 4.78 is 58.8. The molecule has 2 amide bonds. The Morgan fingerprint density at radius 1 is 1.20 bits per heavy atom. The van der Waals surface area contributed by atoms with E-state index < -0.39 is 30.7 Å². The normalized spacial score (nSPS) is 22.1. The molecule has 0 radical (unpaired) electrons. The van der Waals surface area contributed by atoms with E-state index in [1.165, 1.54) is 23.2 Å². The average Bonchev–Trinajstić information content (AvgIpc) is 3.47. The molecule has 5 heterocycles. The number of alkyl halides is 3. The van der Waals surface area contributed by atoms with Crippen LogP contribution in [0.5, 0.6) is 5.88 Å². The van der Waals surface area contributed by atoms with Crippen molar-refractivity contribution in [3.63, 3.8) is 0 Å². The Morgan fingerprint density at radius 3 is 2.78 bits per heavy atom. The van der Waals surface area contributed by atoms with Gasteiger partial charge in [0.1, 0.15) is 11.9 Å². The molecule has 3 aliphatic heterocycles. The van der Waals surface area contributed by atoms with Gasteiger partial charge in [0.25, 0.3) is 0 Å². The molecule has 6 rings (SSSR count). The van der Waals surface area contributed by atoms with E-state index in [4.69, 9.17) is 16.3 Å². The zero-order valence-electron chi connectivity index (χ0n) is 21.7. The van der Waals surface area contributed by atoms with E-state index in [1.807, 2.05) is 0 Å². The maximum Gasteiger partial charge on any atom is 0.401 e. The first-order valence-electron chi connectivity index (χ1n) is 13.3. The lowest BCUT2D eigenvalue weighted by molar-refractivity contribution is -0.144. The SMILES string of the molecule is O=C(Nc1cc(Cl)c(-c2ccc(O[C@H]3CCN(CC(F)(F)F)C3)nc2)cc1F)N1[C@H]2CC[C@@H]1c1c[nH]c(=O)cc1C2. The highest BCUT2D eigenvalue weighted by molar-refractivity contribution is 6.33. The predicted octanol–water partition coefficient (Wildman–Crippen LogP) is 5.54. The molecule has 0 aliphatic carbocycles. The number of fused-ring (bicyclic) bond motifs is 4. The zero-order chi connectivity index (χ0) is 28.9. The lowest BCUT2D eigenvalue weighted by atomic mass is 9.95. The second kappa shape index (κ2) is 10.6. The Morgan fingerprint density at radius 2 is 2.02 bits per heavy atom. The van der Waals surface area contributed by atoms with Crippen molar-refractivity contribution in [1.82, 2.24) is 19.8 Å². The van der Waals surface area contributed by atoms with Gasteiger partial charge in [0.15, 0.2) is 0 Å². The lowest BCUT2D eigenvalue weighted by Gasteiger charge is -2.36. The number of pyridine rings is 2. The van der Waals surface area contributed by atoms with Crippen molar-refractivity contribution < 1.29 is 27.1 Å². The van der Waals surface area contributed by atoms with Crippen LogP contribution < -0.4 is 15.6 Å². The molecule has 3 aromatic rings. The first-order valence-corrected chi connectivity index (χ1v) is 13.6. The van der Waals surface area contributed by atoms with Crippen molar-refractivity contribution in [2.75, 3.05) is 25.0 Å². The smallest absolute Gasteiger partial charge is 0.401 e. The van der Waals surface area contributed by atoms with Gasteiger partial charge in [0, 0.05) is 54.8 Å². The van der Waals surface area contributed by atoms with Gasteiger partial charge in [-0.25, -0.2) is 14.2 Å². The second-order valence-corrected chi connectivity index (χ2v) is 11.0. The number of hydrogen-bond acceptors (Lipinski definition) is 5. The first-order chi connectivity index (χ1) is 19.5. The number of likely N-dealkylation sites (tertiary alicyclic amines) is 1. The minimum absolute atomic E-state index is 0.0621. The van der Waals surface area contributed by atoms with Crippen molar-refractivity contribution in [1.29, 1.82) is 0 Å². The minimum atomic E-state index is -4.26. The van der Waals surface area contributed by atoms with E-state index in [0.717, 1.165) is 24.0 Å². The topological polar surface area (TPSA) is 90.6 Å². The van der Waals surface area contributed by atoms with Gasteiger partial charge >= 0.3 is 12.2 Å². The van der Waals surface area contributed by atoms with Crippen LogP contribution in [0.15, 0.2) is 47.5 Å². The summed E-state index contributed by atoms with van der Waals surface area (Å²) in [4.78, 5) is 34.9.